The van der Waals surface area contributed by atoms with Gasteiger partial charge in [0.2, 0.25) is 5.95 Å². The fourth-order valence-electron chi connectivity index (χ4n) is 2.51. The Morgan fingerprint density at radius 3 is 2.85 bits per heavy atom. The molecule has 0 aliphatic rings. The van der Waals surface area contributed by atoms with Gasteiger partial charge in [0, 0.05) is 19.9 Å². The van der Waals surface area contributed by atoms with Crippen LogP contribution in [0.4, 0.5) is 5.95 Å². The van der Waals surface area contributed by atoms with Crippen LogP contribution in [-0.2, 0) is 24.9 Å². The van der Waals surface area contributed by atoms with Crippen molar-refractivity contribution in [2.75, 3.05) is 11.9 Å². The van der Waals surface area contributed by atoms with Gasteiger partial charge in [0.05, 0.1) is 35.9 Å². The number of anilines is 1. The van der Waals surface area contributed by atoms with Crippen LogP contribution in [0, 0.1) is 6.92 Å². The Bertz CT molecular complexity index is 910. The summed E-state index contributed by atoms with van der Waals surface area (Å²) in [5.74, 6) is 0.660. The molecule has 9 nitrogen and oxygen atoms in total. The van der Waals surface area contributed by atoms with Crippen molar-refractivity contribution in [1.29, 1.82) is 0 Å². The van der Waals surface area contributed by atoms with Crippen LogP contribution in [0.2, 0.25) is 0 Å². The molecule has 0 fully saturated rings. The number of nitrogens with zero attached hydrogens (tertiary/aromatic N) is 6. The highest BCUT2D eigenvalue weighted by Crippen LogP contribution is 2.23. The van der Waals surface area contributed by atoms with Gasteiger partial charge in [-0.1, -0.05) is 12.1 Å². The Labute approximate surface area is 157 Å². The third-order valence-corrected chi connectivity index (χ3v) is 3.97. The molecule has 3 aromatic rings. The van der Waals surface area contributed by atoms with Crippen molar-refractivity contribution < 1.29 is 9.84 Å². The molecule has 0 amide bonds. The minimum atomic E-state index is 0.151. The van der Waals surface area contributed by atoms with Crippen molar-refractivity contribution in [2.24, 2.45) is 7.05 Å². The molecular formula is C18H23N7O2. The molecule has 142 valence electrons. The van der Waals surface area contributed by atoms with Crippen LogP contribution in [-0.4, -0.2) is 41.7 Å². The number of nitrogens with one attached hydrogen (secondary N) is 1. The van der Waals surface area contributed by atoms with Gasteiger partial charge in [-0.05, 0) is 31.5 Å². The molecule has 3 rings (SSSR count). The van der Waals surface area contributed by atoms with Gasteiger partial charge in [-0.2, -0.15) is 0 Å². The van der Waals surface area contributed by atoms with E-state index in [1.807, 2.05) is 13.1 Å². The first-order chi connectivity index (χ1) is 13.1. The van der Waals surface area contributed by atoms with E-state index in [-0.39, 0.29) is 5.75 Å². The van der Waals surface area contributed by atoms with Gasteiger partial charge in [-0.15, -0.1) is 5.10 Å². The third-order valence-electron chi connectivity index (χ3n) is 3.97. The Hall–Kier alpha value is -3.07. The molecule has 0 aliphatic heterocycles. The van der Waals surface area contributed by atoms with Gasteiger partial charge in [0.25, 0.3) is 0 Å². The van der Waals surface area contributed by atoms with Gasteiger partial charge in [-0.25, -0.2) is 19.6 Å². The average molecular weight is 369 g/mol. The Morgan fingerprint density at radius 1 is 1.22 bits per heavy atom. The lowest BCUT2D eigenvalue weighted by Gasteiger charge is -2.08. The SMILES string of the molecule is CCCOCc1ccnc(NCc2c(-c3ccc(O)c(C)n3)nnn2C)n1. The number of pyridine rings is 1. The second kappa shape index (κ2) is 8.54. The molecule has 0 saturated heterocycles. The molecule has 3 aromatic heterocycles. The van der Waals surface area contributed by atoms with Crippen LogP contribution in [0.5, 0.6) is 5.75 Å². The summed E-state index contributed by atoms with van der Waals surface area (Å²) in [6.45, 7) is 5.40. The summed E-state index contributed by atoms with van der Waals surface area (Å²) in [5, 5.41) is 21.2. The van der Waals surface area contributed by atoms with E-state index in [9.17, 15) is 5.11 Å². The third kappa shape index (κ3) is 4.56. The number of ether oxygens (including phenoxy) is 1. The summed E-state index contributed by atoms with van der Waals surface area (Å²) in [7, 11) is 1.82. The maximum Gasteiger partial charge on any atom is 0.223 e. The highest BCUT2D eigenvalue weighted by molar-refractivity contribution is 5.58. The van der Waals surface area contributed by atoms with Gasteiger partial charge >= 0.3 is 0 Å². The minimum Gasteiger partial charge on any atom is -0.506 e. The van der Waals surface area contributed by atoms with Crippen LogP contribution in [0.1, 0.15) is 30.4 Å². The maximum atomic E-state index is 9.68. The Morgan fingerprint density at radius 2 is 2.07 bits per heavy atom. The van der Waals surface area contributed by atoms with Crippen LogP contribution in [0.3, 0.4) is 0 Å². The number of aryl methyl sites for hydroxylation is 2. The van der Waals surface area contributed by atoms with Crippen molar-refractivity contribution >= 4 is 5.95 Å². The predicted molar refractivity (Wildman–Crippen MR) is 99.9 cm³/mol. The molecule has 0 saturated carbocycles. The first kappa shape index (κ1) is 18.7. The monoisotopic (exact) mass is 369 g/mol. The van der Waals surface area contributed by atoms with E-state index >= 15 is 0 Å². The summed E-state index contributed by atoms with van der Waals surface area (Å²) < 4.78 is 7.20. The zero-order chi connectivity index (χ0) is 19.2. The number of hydrogen-bond donors (Lipinski definition) is 2. The Kier molecular flexibility index (Phi) is 5.92. The summed E-state index contributed by atoms with van der Waals surface area (Å²) in [4.78, 5) is 13.1. The molecule has 0 aliphatic carbocycles. The topological polar surface area (TPSA) is 111 Å². The lowest BCUT2D eigenvalue weighted by atomic mass is 10.2. The smallest absolute Gasteiger partial charge is 0.223 e. The summed E-state index contributed by atoms with van der Waals surface area (Å²) in [5.41, 5.74) is 3.50. The van der Waals surface area contributed by atoms with Gasteiger partial charge in [0.1, 0.15) is 11.4 Å². The van der Waals surface area contributed by atoms with E-state index in [0.29, 0.717) is 42.8 Å². The molecule has 0 radical (unpaired) electrons. The van der Waals surface area contributed by atoms with Gasteiger partial charge in [0.15, 0.2) is 0 Å². The summed E-state index contributed by atoms with van der Waals surface area (Å²) in [6.07, 6.45) is 2.67. The van der Waals surface area contributed by atoms with Crippen molar-refractivity contribution in [3.05, 3.63) is 41.5 Å². The van der Waals surface area contributed by atoms with E-state index in [1.54, 1.807) is 29.9 Å². The number of aromatic nitrogens is 6. The molecule has 0 spiro atoms. The molecule has 9 heteroatoms. The van der Waals surface area contributed by atoms with E-state index in [4.69, 9.17) is 4.74 Å². The number of rotatable bonds is 8. The molecule has 27 heavy (non-hydrogen) atoms. The van der Waals surface area contributed by atoms with Gasteiger partial charge in [-0.3, -0.25) is 0 Å². The first-order valence-electron chi connectivity index (χ1n) is 8.77. The zero-order valence-electron chi connectivity index (χ0n) is 15.7. The highest BCUT2D eigenvalue weighted by Gasteiger charge is 2.15. The normalized spacial score (nSPS) is 10.9. The van der Waals surface area contributed by atoms with E-state index in [0.717, 1.165) is 17.8 Å². The fraction of sp³-hybridized carbons (Fsp3) is 0.389. The largest absolute Gasteiger partial charge is 0.506 e. The van der Waals surface area contributed by atoms with Crippen LogP contribution < -0.4 is 5.32 Å². The Balaban J connectivity index is 1.74. The molecule has 2 N–H and O–H groups in total. The quantitative estimate of drug-likeness (QED) is 0.582. The minimum absolute atomic E-state index is 0.151. The van der Waals surface area contributed by atoms with E-state index in [1.165, 1.54) is 0 Å². The lowest BCUT2D eigenvalue weighted by molar-refractivity contribution is 0.119. The maximum absolute atomic E-state index is 9.68. The van der Waals surface area contributed by atoms with Crippen molar-refractivity contribution in [2.45, 2.75) is 33.4 Å². The van der Waals surface area contributed by atoms with E-state index < -0.39 is 0 Å². The molecule has 0 bridgehead atoms. The molecule has 0 aromatic carbocycles. The van der Waals surface area contributed by atoms with Crippen molar-refractivity contribution in [3.63, 3.8) is 0 Å². The average Bonchev–Trinajstić information content (AvgIpc) is 3.03. The predicted octanol–water partition coefficient (Wildman–Crippen LogP) is 2.22. The van der Waals surface area contributed by atoms with E-state index in [2.05, 4.69) is 37.5 Å². The zero-order valence-corrected chi connectivity index (χ0v) is 15.7. The number of hydrogen-bond acceptors (Lipinski definition) is 8. The molecular weight excluding hydrogens is 346 g/mol. The van der Waals surface area contributed by atoms with Gasteiger partial charge < -0.3 is 15.2 Å². The van der Waals surface area contributed by atoms with Crippen LogP contribution >= 0.6 is 0 Å². The molecule has 0 unspecified atom stereocenters. The summed E-state index contributed by atoms with van der Waals surface area (Å²) >= 11 is 0. The highest BCUT2D eigenvalue weighted by atomic mass is 16.5. The molecule has 0 atom stereocenters. The standard InChI is InChI=1S/C18H23N7O2/c1-4-9-27-11-13-7-8-19-18(22-13)20-10-15-17(23-24-25(15)3)14-5-6-16(26)12(2)21-14/h5-8,26H,4,9-11H2,1-3H3,(H,19,20,22). The second-order valence-corrected chi connectivity index (χ2v) is 6.09. The number of aromatic hydroxyl groups is 1. The lowest BCUT2D eigenvalue weighted by Crippen LogP contribution is -2.10. The second-order valence-electron chi connectivity index (χ2n) is 6.09. The van der Waals surface area contributed by atoms with Crippen LogP contribution in [0.15, 0.2) is 24.4 Å². The first-order valence-corrected chi connectivity index (χ1v) is 8.77. The van der Waals surface area contributed by atoms with Crippen LogP contribution in [0.25, 0.3) is 11.4 Å². The molecule has 3 heterocycles. The fourth-order valence-corrected chi connectivity index (χ4v) is 2.51. The van der Waals surface area contributed by atoms with Crippen molar-refractivity contribution in [3.8, 4) is 17.1 Å². The summed E-state index contributed by atoms with van der Waals surface area (Å²) in [6, 6.07) is 5.16. The van der Waals surface area contributed by atoms with Crippen molar-refractivity contribution in [1.82, 2.24) is 29.9 Å².